The summed E-state index contributed by atoms with van der Waals surface area (Å²) in [6.45, 7) is 9.21. The quantitative estimate of drug-likeness (QED) is 0.637. The molecule has 0 atom stereocenters. The van der Waals surface area contributed by atoms with Crippen LogP contribution < -0.4 is 0 Å². The summed E-state index contributed by atoms with van der Waals surface area (Å²) in [7, 11) is 0. The molecule has 62 valence electrons. The second-order valence-electron chi connectivity index (χ2n) is 2.40. The van der Waals surface area contributed by atoms with Crippen LogP contribution >= 0.6 is 0 Å². The first-order valence-corrected chi connectivity index (χ1v) is 3.64. The molecule has 0 aliphatic heterocycles. The molecule has 1 rings (SSSR count). The molecule has 0 fully saturated rings. The molecule has 0 aliphatic carbocycles. The molecule has 0 bridgehead atoms. The van der Waals surface area contributed by atoms with Crippen molar-refractivity contribution in [3.63, 3.8) is 0 Å². The first-order chi connectivity index (χ1) is 5.77. The van der Waals surface area contributed by atoms with Crippen LogP contribution in [0.15, 0.2) is 35.6 Å². The molecule has 12 heavy (non-hydrogen) atoms. The summed E-state index contributed by atoms with van der Waals surface area (Å²) < 4.78 is 5.05. The van der Waals surface area contributed by atoms with Crippen LogP contribution in [0.2, 0.25) is 0 Å². The van der Waals surface area contributed by atoms with Gasteiger partial charge in [0.05, 0.1) is 0 Å². The van der Waals surface area contributed by atoms with E-state index in [1.54, 1.807) is 12.2 Å². The van der Waals surface area contributed by atoms with Crippen LogP contribution in [0.1, 0.15) is 18.4 Å². The Morgan fingerprint density at radius 1 is 1.58 bits per heavy atom. The molecule has 1 heterocycles. The smallest absolute Gasteiger partial charge is 0.181 e. The average molecular weight is 161 g/mol. The van der Waals surface area contributed by atoms with Crippen LogP contribution in [0.3, 0.4) is 0 Å². The van der Waals surface area contributed by atoms with Gasteiger partial charge in [0.2, 0.25) is 0 Å². The maximum atomic E-state index is 5.05. The van der Waals surface area contributed by atoms with E-state index in [9.17, 15) is 0 Å². The van der Waals surface area contributed by atoms with Crippen LogP contribution in [-0.2, 0) is 0 Å². The number of hydrogen-bond donors (Lipinski definition) is 0. The molecular formula is C10H11NO. The topological polar surface area (TPSA) is 26.0 Å². The number of aromatic nitrogens is 1. The molecule has 1 aromatic rings. The van der Waals surface area contributed by atoms with E-state index in [1.807, 2.05) is 13.0 Å². The van der Waals surface area contributed by atoms with Crippen molar-refractivity contribution in [2.45, 2.75) is 6.92 Å². The van der Waals surface area contributed by atoms with E-state index in [1.165, 1.54) is 6.39 Å². The predicted molar refractivity (Wildman–Crippen MR) is 50.4 cm³/mol. The monoisotopic (exact) mass is 161 g/mol. The third-order valence-electron chi connectivity index (χ3n) is 1.50. The summed E-state index contributed by atoms with van der Waals surface area (Å²) in [6.07, 6.45) is 6.70. The second-order valence-corrected chi connectivity index (χ2v) is 2.40. The number of nitrogens with zero attached hydrogens (tertiary/aromatic N) is 1. The Morgan fingerprint density at radius 2 is 2.33 bits per heavy atom. The molecule has 0 N–H and O–H groups in total. The summed E-state index contributed by atoms with van der Waals surface area (Å²) in [5.41, 5.74) is 1.84. The van der Waals surface area contributed by atoms with Gasteiger partial charge in [-0.05, 0) is 24.6 Å². The zero-order valence-corrected chi connectivity index (χ0v) is 7.08. The normalized spacial score (nSPS) is 11.2. The van der Waals surface area contributed by atoms with Crippen LogP contribution in [0.5, 0.6) is 0 Å². The lowest BCUT2D eigenvalue weighted by molar-refractivity contribution is 0.548. The van der Waals surface area contributed by atoms with E-state index in [-0.39, 0.29) is 0 Å². The van der Waals surface area contributed by atoms with Crippen molar-refractivity contribution in [3.05, 3.63) is 42.7 Å². The molecule has 2 heteroatoms. The van der Waals surface area contributed by atoms with Gasteiger partial charge in [-0.15, -0.1) is 0 Å². The lowest BCUT2D eigenvalue weighted by Crippen LogP contribution is -1.76. The Hall–Kier alpha value is -1.57. The fourth-order valence-electron chi connectivity index (χ4n) is 0.800. The standard InChI is InChI=1S/C10H11NO/c1-4-8(3)6-9-10(5-2)12-7-11-9/h4-7H,1-2H2,3H3/b8-6-. The first-order valence-electron chi connectivity index (χ1n) is 3.64. The van der Waals surface area contributed by atoms with Gasteiger partial charge in [-0.1, -0.05) is 19.2 Å². The lowest BCUT2D eigenvalue weighted by atomic mass is 10.2. The second kappa shape index (κ2) is 3.72. The molecule has 0 unspecified atom stereocenters. The van der Waals surface area contributed by atoms with Gasteiger partial charge in [0, 0.05) is 0 Å². The number of allylic oxidation sites excluding steroid dienone is 2. The van der Waals surface area contributed by atoms with Gasteiger partial charge >= 0.3 is 0 Å². The van der Waals surface area contributed by atoms with Crippen molar-refractivity contribution >= 4 is 12.2 Å². The third-order valence-corrected chi connectivity index (χ3v) is 1.50. The molecule has 0 spiro atoms. The largest absolute Gasteiger partial charge is 0.444 e. The van der Waals surface area contributed by atoms with Crippen molar-refractivity contribution in [3.8, 4) is 0 Å². The van der Waals surface area contributed by atoms with Gasteiger partial charge < -0.3 is 4.42 Å². The Bertz CT molecular complexity index is 320. The van der Waals surface area contributed by atoms with Crippen molar-refractivity contribution in [1.82, 2.24) is 4.98 Å². The minimum absolute atomic E-state index is 0.691. The molecule has 2 nitrogen and oxygen atoms in total. The van der Waals surface area contributed by atoms with Crippen molar-refractivity contribution in [2.75, 3.05) is 0 Å². The Balaban J connectivity index is 3.02. The van der Waals surface area contributed by atoms with Crippen LogP contribution in [0, 0.1) is 0 Å². The molecule has 0 radical (unpaired) electrons. The fraction of sp³-hybridized carbons (Fsp3) is 0.100. The SMILES string of the molecule is C=C/C(C)=C\c1ncoc1C=C. The zero-order chi connectivity index (χ0) is 8.97. The van der Waals surface area contributed by atoms with Gasteiger partial charge in [0.25, 0.3) is 0 Å². The van der Waals surface area contributed by atoms with Crippen LogP contribution in [0.4, 0.5) is 0 Å². The highest BCUT2D eigenvalue weighted by atomic mass is 16.3. The highest BCUT2D eigenvalue weighted by Crippen LogP contribution is 2.12. The number of hydrogen-bond acceptors (Lipinski definition) is 2. The van der Waals surface area contributed by atoms with Crippen molar-refractivity contribution in [2.24, 2.45) is 0 Å². The van der Waals surface area contributed by atoms with Crippen LogP contribution in [0.25, 0.3) is 12.2 Å². The fourth-order valence-corrected chi connectivity index (χ4v) is 0.800. The molecule has 0 amide bonds. The Morgan fingerprint density at radius 3 is 2.92 bits per heavy atom. The summed E-state index contributed by atoms with van der Waals surface area (Å²) >= 11 is 0. The van der Waals surface area contributed by atoms with Gasteiger partial charge in [-0.25, -0.2) is 4.98 Å². The average Bonchev–Trinajstić information content (AvgIpc) is 2.51. The van der Waals surface area contributed by atoms with Crippen molar-refractivity contribution in [1.29, 1.82) is 0 Å². The predicted octanol–water partition coefficient (Wildman–Crippen LogP) is 2.91. The van der Waals surface area contributed by atoms with E-state index in [4.69, 9.17) is 4.42 Å². The molecular weight excluding hydrogens is 150 g/mol. The molecule has 1 aromatic heterocycles. The van der Waals surface area contributed by atoms with Crippen LogP contribution in [-0.4, -0.2) is 4.98 Å². The molecule has 0 aliphatic rings. The summed E-state index contributed by atoms with van der Waals surface area (Å²) in [5, 5.41) is 0. The maximum absolute atomic E-state index is 5.05. The van der Waals surface area contributed by atoms with E-state index in [2.05, 4.69) is 18.1 Å². The molecule has 0 saturated carbocycles. The van der Waals surface area contributed by atoms with E-state index in [0.29, 0.717) is 5.76 Å². The van der Waals surface area contributed by atoms with Crippen molar-refractivity contribution < 1.29 is 4.42 Å². The number of oxazole rings is 1. The van der Waals surface area contributed by atoms with Gasteiger partial charge in [0.15, 0.2) is 12.2 Å². The third kappa shape index (κ3) is 1.72. The van der Waals surface area contributed by atoms with Gasteiger partial charge in [-0.2, -0.15) is 0 Å². The lowest BCUT2D eigenvalue weighted by Gasteiger charge is -1.89. The van der Waals surface area contributed by atoms with E-state index in [0.717, 1.165) is 11.3 Å². The van der Waals surface area contributed by atoms with Gasteiger partial charge in [-0.3, -0.25) is 0 Å². The van der Waals surface area contributed by atoms with E-state index < -0.39 is 0 Å². The zero-order valence-electron chi connectivity index (χ0n) is 7.08. The van der Waals surface area contributed by atoms with Gasteiger partial charge in [0.1, 0.15) is 5.69 Å². The molecule has 0 saturated heterocycles. The minimum atomic E-state index is 0.691. The molecule has 0 aromatic carbocycles. The summed E-state index contributed by atoms with van der Waals surface area (Å²) in [6, 6.07) is 0. The highest BCUT2D eigenvalue weighted by Gasteiger charge is 1.99. The minimum Gasteiger partial charge on any atom is -0.444 e. The first kappa shape index (κ1) is 8.53. The summed E-state index contributed by atoms with van der Waals surface area (Å²) in [5.74, 6) is 0.691. The summed E-state index contributed by atoms with van der Waals surface area (Å²) in [4.78, 5) is 4.01. The van der Waals surface area contributed by atoms with E-state index >= 15 is 0 Å². The maximum Gasteiger partial charge on any atom is 0.181 e. The Labute approximate surface area is 71.9 Å². The number of rotatable bonds is 3. The Kier molecular flexibility index (Phi) is 2.64. The highest BCUT2D eigenvalue weighted by molar-refractivity contribution is 5.60.